The van der Waals surface area contributed by atoms with E-state index in [2.05, 4.69) is 21.2 Å². The van der Waals surface area contributed by atoms with Crippen molar-refractivity contribution in [2.24, 2.45) is 0 Å². The summed E-state index contributed by atoms with van der Waals surface area (Å²) in [6, 6.07) is 5.36. The molecule has 4 nitrogen and oxygen atoms in total. The number of benzene rings is 1. The molecule has 0 atom stereocenters. The number of nitrogens with one attached hydrogen (secondary N) is 1. The molecule has 1 aromatic carbocycles. The van der Waals surface area contributed by atoms with E-state index in [-0.39, 0.29) is 12.5 Å². The van der Waals surface area contributed by atoms with Crippen LogP contribution in [-0.2, 0) is 4.79 Å². The Kier molecular flexibility index (Phi) is 4.49. The molecule has 0 saturated carbocycles. The van der Waals surface area contributed by atoms with E-state index in [0.717, 1.165) is 16.4 Å². The molecule has 0 aliphatic carbocycles. The lowest BCUT2D eigenvalue weighted by Gasteiger charge is -2.19. The Labute approximate surface area is 103 Å². The smallest absolute Gasteiger partial charge is 0.239 e. The van der Waals surface area contributed by atoms with Crippen molar-refractivity contribution >= 4 is 33.8 Å². The zero-order valence-electron chi connectivity index (χ0n) is 9.16. The molecule has 0 aromatic heterocycles. The number of carbonyl (C=O) groups is 2. The van der Waals surface area contributed by atoms with Crippen molar-refractivity contribution in [2.45, 2.75) is 0 Å². The van der Waals surface area contributed by atoms with Crippen LogP contribution in [-0.4, -0.2) is 32.8 Å². The number of likely N-dealkylation sites (N-methyl/N-ethyl adjacent to an activating group) is 2. The number of carbonyl (C=O) groups excluding carboxylic acids is 2. The Morgan fingerprint density at radius 2 is 2.25 bits per heavy atom. The van der Waals surface area contributed by atoms with E-state index in [0.29, 0.717) is 5.56 Å². The molecule has 86 valence electrons. The first-order chi connectivity index (χ1) is 7.58. The molecular formula is C11H13BrN2O2. The third-order valence-electron chi connectivity index (χ3n) is 2.19. The molecule has 0 saturated heterocycles. The summed E-state index contributed by atoms with van der Waals surface area (Å²) in [5.74, 6) is -0.0951. The molecule has 0 unspecified atom stereocenters. The number of aldehydes is 1. The van der Waals surface area contributed by atoms with Crippen molar-refractivity contribution < 1.29 is 9.59 Å². The highest BCUT2D eigenvalue weighted by molar-refractivity contribution is 9.10. The number of hydrogen-bond acceptors (Lipinski definition) is 3. The molecule has 0 aliphatic heterocycles. The predicted molar refractivity (Wildman–Crippen MR) is 66.9 cm³/mol. The fourth-order valence-electron chi connectivity index (χ4n) is 1.35. The van der Waals surface area contributed by atoms with Gasteiger partial charge in [-0.15, -0.1) is 0 Å². The Bertz CT molecular complexity index is 407. The van der Waals surface area contributed by atoms with E-state index < -0.39 is 0 Å². The highest BCUT2D eigenvalue weighted by atomic mass is 79.9. The van der Waals surface area contributed by atoms with Crippen molar-refractivity contribution in [1.29, 1.82) is 0 Å². The van der Waals surface area contributed by atoms with E-state index in [9.17, 15) is 9.59 Å². The summed E-state index contributed by atoms with van der Waals surface area (Å²) in [6.07, 6.45) is 0.778. The zero-order valence-corrected chi connectivity index (χ0v) is 10.7. The highest BCUT2D eigenvalue weighted by Gasteiger charge is 2.10. The van der Waals surface area contributed by atoms with Gasteiger partial charge in [0.15, 0.2) is 6.29 Å². The monoisotopic (exact) mass is 284 g/mol. The van der Waals surface area contributed by atoms with Crippen LogP contribution >= 0.6 is 15.9 Å². The second kappa shape index (κ2) is 5.65. The molecule has 1 N–H and O–H groups in total. The number of rotatable bonds is 4. The molecule has 1 amide bonds. The number of amides is 1. The lowest BCUT2D eigenvalue weighted by Crippen LogP contribution is -2.33. The van der Waals surface area contributed by atoms with Crippen LogP contribution in [0, 0.1) is 0 Å². The van der Waals surface area contributed by atoms with Crippen LogP contribution in [0.2, 0.25) is 0 Å². The van der Waals surface area contributed by atoms with Crippen molar-refractivity contribution in [2.75, 3.05) is 25.5 Å². The number of nitrogens with zero attached hydrogens (tertiary/aromatic N) is 1. The number of anilines is 1. The minimum atomic E-state index is -0.0951. The summed E-state index contributed by atoms with van der Waals surface area (Å²) in [6.45, 7) is 0.221. The second-order valence-corrected chi connectivity index (χ2v) is 4.27. The van der Waals surface area contributed by atoms with Gasteiger partial charge in [-0.2, -0.15) is 0 Å². The molecule has 0 aliphatic rings. The summed E-state index contributed by atoms with van der Waals surface area (Å²) in [4.78, 5) is 23.8. The molecule has 0 fully saturated rings. The average molecular weight is 285 g/mol. The van der Waals surface area contributed by atoms with Crippen molar-refractivity contribution in [3.05, 3.63) is 28.2 Å². The Morgan fingerprint density at radius 3 is 2.81 bits per heavy atom. The van der Waals surface area contributed by atoms with Gasteiger partial charge in [-0.1, -0.05) is 15.9 Å². The van der Waals surface area contributed by atoms with Gasteiger partial charge in [-0.05, 0) is 18.2 Å². The van der Waals surface area contributed by atoms with Gasteiger partial charge >= 0.3 is 0 Å². The quantitative estimate of drug-likeness (QED) is 0.852. The topological polar surface area (TPSA) is 49.4 Å². The first-order valence-electron chi connectivity index (χ1n) is 4.75. The Balaban J connectivity index is 2.94. The van der Waals surface area contributed by atoms with E-state index >= 15 is 0 Å². The van der Waals surface area contributed by atoms with E-state index in [1.165, 1.54) is 0 Å². The summed E-state index contributed by atoms with van der Waals surface area (Å²) in [5, 5.41) is 2.54. The largest absolute Gasteiger partial charge is 0.365 e. The summed E-state index contributed by atoms with van der Waals surface area (Å²) in [5.41, 5.74) is 1.29. The minimum Gasteiger partial charge on any atom is -0.365 e. The van der Waals surface area contributed by atoms with Gasteiger partial charge < -0.3 is 10.2 Å². The van der Waals surface area contributed by atoms with Crippen LogP contribution in [0.1, 0.15) is 10.4 Å². The first-order valence-corrected chi connectivity index (χ1v) is 5.54. The molecule has 0 radical (unpaired) electrons. The van der Waals surface area contributed by atoms with Crippen molar-refractivity contribution in [1.82, 2.24) is 5.32 Å². The van der Waals surface area contributed by atoms with Crippen molar-refractivity contribution in [3.8, 4) is 0 Å². The standard InChI is InChI=1S/C11H13BrN2O2/c1-13-11(16)6-14(2)10-4-3-9(12)5-8(10)7-15/h3-5,7H,6H2,1-2H3,(H,13,16). The lowest BCUT2D eigenvalue weighted by atomic mass is 10.2. The van der Waals surface area contributed by atoms with Gasteiger partial charge in [0.1, 0.15) is 0 Å². The summed E-state index contributed by atoms with van der Waals surface area (Å²) in [7, 11) is 3.35. The molecule has 0 spiro atoms. The Hall–Kier alpha value is -1.36. The van der Waals surface area contributed by atoms with E-state index in [1.807, 2.05) is 6.07 Å². The number of halogens is 1. The fourth-order valence-corrected chi connectivity index (χ4v) is 1.73. The normalized spacial score (nSPS) is 9.69. The van der Waals surface area contributed by atoms with E-state index in [4.69, 9.17) is 0 Å². The van der Waals surface area contributed by atoms with E-state index in [1.54, 1.807) is 31.1 Å². The molecule has 1 rings (SSSR count). The molecular weight excluding hydrogens is 272 g/mol. The van der Waals surface area contributed by atoms with Gasteiger partial charge in [0.2, 0.25) is 5.91 Å². The van der Waals surface area contributed by atoms with Gasteiger partial charge in [0.25, 0.3) is 0 Å². The summed E-state index contributed by atoms with van der Waals surface area (Å²) < 4.78 is 0.840. The highest BCUT2D eigenvalue weighted by Crippen LogP contribution is 2.22. The molecule has 5 heteroatoms. The third-order valence-corrected chi connectivity index (χ3v) is 2.68. The number of hydrogen-bond donors (Lipinski definition) is 1. The third kappa shape index (κ3) is 3.06. The van der Waals surface area contributed by atoms with Crippen LogP contribution in [0.4, 0.5) is 5.69 Å². The first kappa shape index (κ1) is 12.7. The minimum absolute atomic E-state index is 0.0951. The maximum atomic E-state index is 11.2. The average Bonchev–Trinajstić information content (AvgIpc) is 2.28. The van der Waals surface area contributed by atoms with Crippen LogP contribution in [0.15, 0.2) is 22.7 Å². The molecule has 16 heavy (non-hydrogen) atoms. The van der Waals surface area contributed by atoms with Crippen molar-refractivity contribution in [3.63, 3.8) is 0 Å². The lowest BCUT2D eigenvalue weighted by molar-refractivity contribution is -0.119. The maximum absolute atomic E-state index is 11.2. The molecule has 0 heterocycles. The molecule has 0 bridgehead atoms. The van der Waals surface area contributed by atoms with Crippen LogP contribution in [0.25, 0.3) is 0 Å². The maximum Gasteiger partial charge on any atom is 0.239 e. The van der Waals surface area contributed by atoms with Crippen LogP contribution in [0.5, 0.6) is 0 Å². The predicted octanol–water partition coefficient (Wildman–Crippen LogP) is 1.44. The van der Waals surface area contributed by atoms with Crippen LogP contribution < -0.4 is 10.2 Å². The SMILES string of the molecule is CNC(=O)CN(C)c1ccc(Br)cc1C=O. The van der Waals surface area contributed by atoms with Gasteiger partial charge in [-0.3, -0.25) is 9.59 Å². The Morgan fingerprint density at radius 1 is 1.56 bits per heavy atom. The van der Waals surface area contributed by atoms with Gasteiger partial charge in [-0.25, -0.2) is 0 Å². The van der Waals surface area contributed by atoms with Gasteiger partial charge in [0.05, 0.1) is 6.54 Å². The summed E-state index contributed by atoms with van der Waals surface area (Å²) >= 11 is 3.29. The second-order valence-electron chi connectivity index (χ2n) is 3.35. The molecule has 1 aromatic rings. The fraction of sp³-hybridized carbons (Fsp3) is 0.273. The van der Waals surface area contributed by atoms with Gasteiger partial charge in [0, 0.05) is 29.8 Å². The zero-order chi connectivity index (χ0) is 12.1. The van der Waals surface area contributed by atoms with Crippen LogP contribution in [0.3, 0.4) is 0 Å².